The van der Waals surface area contributed by atoms with Gasteiger partial charge in [0, 0.05) is 18.3 Å². The number of hydrogen-bond acceptors (Lipinski definition) is 3. The van der Waals surface area contributed by atoms with Crippen molar-refractivity contribution in [2.45, 2.75) is 19.9 Å². The van der Waals surface area contributed by atoms with Gasteiger partial charge in [0.15, 0.2) is 0 Å². The van der Waals surface area contributed by atoms with E-state index < -0.39 is 12.0 Å². The van der Waals surface area contributed by atoms with Crippen LogP contribution in [0, 0.1) is 6.92 Å². The van der Waals surface area contributed by atoms with Gasteiger partial charge in [-0.1, -0.05) is 6.07 Å². The number of hydrogen-bond donors (Lipinski definition) is 3. The summed E-state index contributed by atoms with van der Waals surface area (Å²) in [6.45, 7) is 3.33. The van der Waals surface area contributed by atoms with E-state index in [1.807, 2.05) is 0 Å². The molecule has 5 nitrogen and oxygen atoms in total. The maximum absolute atomic E-state index is 11.6. The number of benzene rings is 1. The Labute approximate surface area is 99.8 Å². The molecule has 0 spiro atoms. The molecule has 1 atom stereocenters. The summed E-state index contributed by atoms with van der Waals surface area (Å²) >= 11 is 0. The Kier molecular flexibility index (Phi) is 4.09. The third-order valence-electron chi connectivity index (χ3n) is 2.55. The zero-order valence-electron chi connectivity index (χ0n) is 10.1. The summed E-state index contributed by atoms with van der Waals surface area (Å²) in [6.07, 6.45) is 0. The monoisotopic (exact) mass is 236 g/mol. The first-order valence-electron chi connectivity index (χ1n) is 5.28. The van der Waals surface area contributed by atoms with Gasteiger partial charge in [-0.2, -0.15) is 0 Å². The fourth-order valence-electron chi connectivity index (χ4n) is 1.47. The standard InChI is InChI=1S/C12H16N2O3/c1-7-9(11(15)13-3)5-4-6-10(7)14-8(2)12(16)17/h4-6,8,14H,1-3H3,(H,13,15)(H,16,17). The summed E-state index contributed by atoms with van der Waals surface area (Å²) in [6, 6.07) is 4.47. The SMILES string of the molecule is CNC(=O)c1cccc(NC(C)C(=O)O)c1C. The molecule has 0 radical (unpaired) electrons. The lowest BCUT2D eigenvalue weighted by Gasteiger charge is -2.15. The highest BCUT2D eigenvalue weighted by molar-refractivity contribution is 5.97. The number of carboxylic acid groups (broad SMARTS) is 1. The van der Waals surface area contributed by atoms with Crippen LogP contribution in [0.25, 0.3) is 0 Å². The molecular weight excluding hydrogens is 220 g/mol. The zero-order chi connectivity index (χ0) is 13.0. The molecule has 1 aromatic rings. The van der Waals surface area contributed by atoms with Crippen molar-refractivity contribution in [3.63, 3.8) is 0 Å². The summed E-state index contributed by atoms with van der Waals surface area (Å²) in [5.74, 6) is -1.12. The second kappa shape index (κ2) is 5.34. The molecule has 1 unspecified atom stereocenters. The van der Waals surface area contributed by atoms with Gasteiger partial charge in [-0.25, -0.2) is 0 Å². The van der Waals surface area contributed by atoms with Gasteiger partial charge >= 0.3 is 5.97 Å². The van der Waals surface area contributed by atoms with Crippen molar-refractivity contribution < 1.29 is 14.7 Å². The van der Waals surface area contributed by atoms with Gasteiger partial charge in [0.05, 0.1) is 0 Å². The second-order valence-corrected chi connectivity index (χ2v) is 3.76. The third kappa shape index (κ3) is 2.96. The molecule has 17 heavy (non-hydrogen) atoms. The fraction of sp³-hybridized carbons (Fsp3) is 0.333. The van der Waals surface area contributed by atoms with Crippen LogP contribution in [0.5, 0.6) is 0 Å². The van der Waals surface area contributed by atoms with Crippen LogP contribution in [-0.2, 0) is 4.79 Å². The number of carbonyl (C=O) groups is 2. The Morgan fingerprint density at radius 2 is 2.00 bits per heavy atom. The van der Waals surface area contributed by atoms with E-state index in [1.54, 1.807) is 39.1 Å². The van der Waals surface area contributed by atoms with E-state index in [-0.39, 0.29) is 5.91 Å². The van der Waals surface area contributed by atoms with E-state index in [1.165, 1.54) is 0 Å². The van der Waals surface area contributed by atoms with E-state index in [2.05, 4.69) is 10.6 Å². The van der Waals surface area contributed by atoms with Crippen LogP contribution in [-0.4, -0.2) is 30.1 Å². The highest BCUT2D eigenvalue weighted by Gasteiger charge is 2.14. The lowest BCUT2D eigenvalue weighted by Crippen LogP contribution is -2.26. The maximum Gasteiger partial charge on any atom is 0.325 e. The molecule has 1 rings (SSSR count). The van der Waals surface area contributed by atoms with E-state index in [4.69, 9.17) is 5.11 Å². The van der Waals surface area contributed by atoms with Crippen molar-refractivity contribution in [2.75, 3.05) is 12.4 Å². The van der Waals surface area contributed by atoms with Crippen LogP contribution in [0.4, 0.5) is 5.69 Å². The molecule has 0 aliphatic heterocycles. The summed E-state index contributed by atoms with van der Waals surface area (Å²) in [5, 5.41) is 14.2. The van der Waals surface area contributed by atoms with Crippen molar-refractivity contribution in [1.29, 1.82) is 0 Å². The number of carbonyl (C=O) groups excluding carboxylic acids is 1. The molecule has 0 saturated heterocycles. The fourth-order valence-corrected chi connectivity index (χ4v) is 1.47. The molecule has 0 aliphatic rings. The molecule has 5 heteroatoms. The molecule has 0 fully saturated rings. The number of carboxylic acids is 1. The Morgan fingerprint density at radius 3 is 2.53 bits per heavy atom. The smallest absolute Gasteiger partial charge is 0.325 e. The third-order valence-corrected chi connectivity index (χ3v) is 2.55. The largest absolute Gasteiger partial charge is 0.480 e. The topological polar surface area (TPSA) is 78.4 Å². The van der Waals surface area contributed by atoms with Gasteiger partial charge < -0.3 is 15.7 Å². The number of anilines is 1. The highest BCUT2D eigenvalue weighted by Crippen LogP contribution is 2.19. The van der Waals surface area contributed by atoms with Crippen LogP contribution in [0.15, 0.2) is 18.2 Å². The van der Waals surface area contributed by atoms with Crippen LogP contribution in [0.3, 0.4) is 0 Å². The van der Waals surface area contributed by atoms with Gasteiger partial charge in [0.25, 0.3) is 5.91 Å². The van der Waals surface area contributed by atoms with Gasteiger partial charge in [-0.3, -0.25) is 9.59 Å². The first-order valence-corrected chi connectivity index (χ1v) is 5.28. The number of nitrogens with one attached hydrogen (secondary N) is 2. The summed E-state index contributed by atoms with van der Waals surface area (Å²) in [7, 11) is 1.56. The number of amides is 1. The predicted octanol–water partition coefficient (Wildman–Crippen LogP) is 1.24. The number of rotatable bonds is 4. The minimum atomic E-state index is -0.935. The molecule has 0 saturated carbocycles. The molecule has 92 valence electrons. The Balaban J connectivity index is 3.02. The lowest BCUT2D eigenvalue weighted by atomic mass is 10.1. The minimum absolute atomic E-state index is 0.186. The van der Waals surface area contributed by atoms with Crippen molar-refractivity contribution in [1.82, 2.24) is 5.32 Å². The van der Waals surface area contributed by atoms with Gasteiger partial charge in [0.2, 0.25) is 0 Å². The zero-order valence-corrected chi connectivity index (χ0v) is 10.1. The Morgan fingerprint density at radius 1 is 1.35 bits per heavy atom. The van der Waals surface area contributed by atoms with E-state index in [0.29, 0.717) is 11.3 Å². The van der Waals surface area contributed by atoms with Gasteiger partial charge in [-0.05, 0) is 31.5 Å². The molecular formula is C12H16N2O3. The van der Waals surface area contributed by atoms with E-state index in [9.17, 15) is 9.59 Å². The molecule has 0 aromatic heterocycles. The van der Waals surface area contributed by atoms with Gasteiger partial charge in [0.1, 0.15) is 6.04 Å². The normalized spacial score (nSPS) is 11.7. The minimum Gasteiger partial charge on any atom is -0.480 e. The molecule has 0 aliphatic carbocycles. The van der Waals surface area contributed by atoms with Crippen LogP contribution < -0.4 is 10.6 Å². The van der Waals surface area contributed by atoms with E-state index in [0.717, 1.165) is 5.56 Å². The highest BCUT2D eigenvalue weighted by atomic mass is 16.4. The summed E-state index contributed by atoms with van der Waals surface area (Å²) in [4.78, 5) is 22.3. The average Bonchev–Trinajstić information content (AvgIpc) is 2.30. The van der Waals surface area contributed by atoms with Crippen molar-refractivity contribution >= 4 is 17.6 Å². The van der Waals surface area contributed by atoms with Crippen molar-refractivity contribution in [3.8, 4) is 0 Å². The maximum atomic E-state index is 11.6. The quantitative estimate of drug-likeness (QED) is 0.735. The molecule has 1 amide bonds. The molecule has 0 bridgehead atoms. The lowest BCUT2D eigenvalue weighted by molar-refractivity contribution is -0.137. The van der Waals surface area contributed by atoms with Crippen LogP contribution in [0.1, 0.15) is 22.8 Å². The number of aliphatic carboxylic acids is 1. The Hall–Kier alpha value is -2.04. The molecule has 3 N–H and O–H groups in total. The second-order valence-electron chi connectivity index (χ2n) is 3.76. The predicted molar refractivity (Wildman–Crippen MR) is 65.3 cm³/mol. The van der Waals surface area contributed by atoms with Crippen LogP contribution >= 0.6 is 0 Å². The Bertz CT molecular complexity index is 443. The van der Waals surface area contributed by atoms with Crippen molar-refractivity contribution in [3.05, 3.63) is 29.3 Å². The average molecular weight is 236 g/mol. The molecule has 1 aromatic carbocycles. The van der Waals surface area contributed by atoms with Crippen molar-refractivity contribution in [2.24, 2.45) is 0 Å². The van der Waals surface area contributed by atoms with Gasteiger partial charge in [-0.15, -0.1) is 0 Å². The molecule has 0 heterocycles. The first kappa shape index (κ1) is 13.0. The van der Waals surface area contributed by atoms with E-state index >= 15 is 0 Å². The van der Waals surface area contributed by atoms with Crippen LogP contribution in [0.2, 0.25) is 0 Å². The first-order chi connectivity index (χ1) is 7.97. The summed E-state index contributed by atoms with van der Waals surface area (Å²) in [5.41, 5.74) is 1.93. The summed E-state index contributed by atoms with van der Waals surface area (Å²) < 4.78 is 0.